The SMILES string of the molecule is O=C(O)c1ccc(-n2ccc(C(F)(F)F)n2)cc1[N+](=O)[O-]. The summed E-state index contributed by atoms with van der Waals surface area (Å²) in [5.74, 6) is -1.51. The van der Waals surface area contributed by atoms with Gasteiger partial charge in [0.25, 0.3) is 5.69 Å². The maximum atomic E-state index is 12.4. The molecule has 1 heterocycles. The molecular weight excluding hydrogens is 295 g/mol. The van der Waals surface area contributed by atoms with Crippen LogP contribution in [0.3, 0.4) is 0 Å². The van der Waals surface area contributed by atoms with Crippen molar-refractivity contribution in [1.82, 2.24) is 9.78 Å². The number of rotatable bonds is 3. The summed E-state index contributed by atoms with van der Waals surface area (Å²) >= 11 is 0. The Labute approximate surface area is 114 Å². The van der Waals surface area contributed by atoms with Crippen LogP contribution in [0, 0.1) is 10.1 Å². The Balaban J connectivity index is 2.51. The summed E-state index contributed by atoms with van der Waals surface area (Å²) in [6.07, 6.45) is -3.67. The van der Waals surface area contributed by atoms with E-state index in [1.807, 2.05) is 0 Å². The number of nitro groups is 1. The topological polar surface area (TPSA) is 98.3 Å². The first-order chi connectivity index (χ1) is 9.70. The minimum absolute atomic E-state index is 0.0535. The van der Waals surface area contributed by atoms with Crippen molar-refractivity contribution < 1.29 is 28.0 Å². The highest BCUT2D eigenvalue weighted by Gasteiger charge is 2.33. The summed E-state index contributed by atoms with van der Waals surface area (Å²) in [6.45, 7) is 0. The number of hydrogen-bond donors (Lipinski definition) is 1. The van der Waals surface area contributed by atoms with Gasteiger partial charge in [-0.15, -0.1) is 0 Å². The average molecular weight is 301 g/mol. The molecule has 0 unspecified atom stereocenters. The fourth-order valence-corrected chi connectivity index (χ4v) is 1.61. The lowest BCUT2D eigenvalue weighted by molar-refractivity contribution is -0.385. The van der Waals surface area contributed by atoms with E-state index < -0.39 is 34.0 Å². The summed E-state index contributed by atoms with van der Waals surface area (Å²) in [5.41, 5.74) is -2.51. The molecule has 0 fully saturated rings. The molecule has 2 aromatic rings. The highest BCUT2D eigenvalue weighted by molar-refractivity contribution is 5.92. The zero-order chi connectivity index (χ0) is 15.8. The number of aromatic carboxylic acids is 1. The van der Waals surface area contributed by atoms with Crippen LogP contribution in [0.4, 0.5) is 18.9 Å². The average Bonchev–Trinajstić information content (AvgIpc) is 2.87. The number of hydrogen-bond acceptors (Lipinski definition) is 4. The van der Waals surface area contributed by atoms with Crippen molar-refractivity contribution in [2.45, 2.75) is 6.18 Å². The third kappa shape index (κ3) is 2.83. The van der Waals surface area contributed by atoms with E-state index in [4.69, 9.17) is 5.11 Å². The first kappa shape index (κ1) is 14.5. The standard InChI is InChI=1S/C11H6F3N3O4/c12-11(13,14)9-3-4-16(15-9)6-1-2-7(10(18)19)8(5-6)17(20)21/h1-5H,(H,18,19). The van der Waals surface area contributed by atoms with Crippen molar-refractivity contribution in [1.29, 1.82) is 0 Å². The summed E-state index contributed by atoms with van der Waals surface area (Å²) in [5, 5.41) is 22.9. The van der Waals surface area contributed by atoms with Gasteiger partial charge >= 0.3 is 12.1 Å². The van der Waals surface area contributed by atoms with Gasteiger partial charge in [0.05, 0.1) is 10.6 Å². The molecule has 0 saturated heterocycles. The zero-order valence-corrected chi connectivity index (χ0v) is 10.0. The van der Waals surface area contributed by atoms with Gasteiger partial charge in [0, 0.05) is 12.3 Å². The summed E-state index contributed by atoms with van der Waals surface area (Å²) in [7, 11) is 0. The van der Waals surface area contributed by atoms with Gasteiger partial charge in [-0.25, -0.2) is 9.48 Å². The summed E-state index contributed by atoms with van der Waals surface area (Å²) in [6, 6.07) is 3.61. The lowest BCUT2D eigenvalue weighted by atomic mass is 10.1. The van der Waals surface area contributed by atoms with Gasteiger partial charge in [0.1, 0.15) is 5.56 Å². The van der Waals surface area contributed by atoms with Crippen LogP contribution in [0.25, 0.3) is 5.69 Å². The molecule has 110 valence electrons. The largest absolute Gasteiger partial charge is 0.477 e. The maximum absolute atomic E-state index is 12.4. The second kappa shape index (κ2) is 4.89. The van der Waals surface area contributed by atoms with E-state index in [1.165, 1.54) is 0 Å². The quantitative estimate of drug-likeness (QED) is 0.693. The summed E-state index contributed by atoms with van der Waals surface area (Å²) < 4.78 is 38.1. The van der Waals surface area contributed by atoms with Crippen LogP contribution in [-0.4, -0.2) is 25.8 Å². The van der Waals surface area contributed by atoms with E-state index in [2.05, 4.69) is 5.10 Å². The van der Waals surface area contributed by atoms with Gasteiger partial charge in [0.2, 0.25) is 0 Å². The smallest absolute Gasteiger partial charge is 0.435 e. The number of benzene rings is 1. The highest BCUT2D eigenvalue weighted by Crippen LogP contribution is 2.28. The van der Waals surface area contributed by atoms with E-state index in [0.717, 1.165) is 29.1 Å². The van der Waals surface area contributed by atoms with Gasteiger partial charge < -0.3 is 5.11 Å². The van der Waals surface area contributed by atoms with Gasteiger partial charge in [-0.3, -0.25) is 10.1 Å². The number of aromatic nitrogens is 2. The maximum Gasteiger partial charge on any atom is 0.435 e. The fourth-order valence-electron chi connectivity index (χ4n) is 1.61. The number of alkyl halides is 3. The monoisotopic (exact) mass is 301 g/mol. The van der Waals surface area contributed by atoms with Crippen LogP contribution in [0.15, 0.2) is 30.5 Å². The van der Waals surface area contributed by atoms with Gasteiger partial charge in [-0.1, -0.05) is 0 Å². The molecule has 1 aromatic carbocycles. The van der Waals surface area contributed by atoms with Gasteiger partial charge in [-0.2, -0.15) is 18.3 Å². The second-order valence-electron chi connectivity index (χ2n) is 3.91. The molecule has 0 aliphatic rings. The van der Waals surface area contributed by atoms with Crippen LogP contribution >= 0.6 is 0 Å². The molecule has 7 nitrogen and oxygen atoms in total. The minimum Gasteiger partial charge on any atom is -0.477 e. The number of carboxylic acids is 1. The van der Waals surface area contributed by atoms with E-state index in [1.54, 1.807) is 0 Å². The Morgan fingerprint density at radius 2 is 2.00 bits per heavy atom. The molecule has 0 atom stereocenters. The third-order valence-electron chi connectivity index (χ3n) is 2.55. The number of carboxylic acid groups (broad SMARTS) is 1. The van der Waals surface area contributed by atoms with Crippen molar-refractivity contribution in [3.63, 3.8) is 0 Å². The van der Waals surface area contributed by atoms with E-state index in [0.29, 0.717) is 6.07 Å². The van der Waals surface area contributed by atoms with Crippen molar-refractivity contribution in [3.05, 3.63) is 51.8 Å². The van der Waals surface area contributed by atoms with Crippen molar-refractivity contribution in [3.8, 4) is 5.69 Å². The molecule has 0 bridgehead atoms. The highest BCUT2D eigenvalue weighted by atomic mass is 19.4. The van der Waals surface area contributed by atoms with Crippen molar-refractivity contribution in [2.24, 2.45) is 0 Å². The van der Waals surface area contributed by atoms with Crippen LogP contribution in [0.2, 0.25) is 0 Å². The van der Waals surface area contributed by atoms with E-state index in [9.17, 15) is 28.1 Å². The first-order valence-corrected chi connectivity index (χ1v) is 5.35. The number of halogens is 3. The molecule has 2 rings (SSSR count). The molecule has 0 amide bonds. The fraction of sp³-hybridized carbons (Fsp3) is 0.0909. The van der Waals surface area contributed by atoms with Crippen LogP contribution in [-0.2, 0) is 6.18 Å². The Kier molecular flexibility index (Phi) is 3.37. The predicted octanol–water partition coefficient (Wildman–Crippen LogP) is 2.50. The number of nitrogens with zero attached hydrogens (tertiary/aromatic N) is 3. The van der Waals surface area contributed by atoms with E-state index in [-0.39, 0.29) is 5.69 Å². The van der Waals surface area contributed by atoms with Crippen LogP contribution in [0.1, 0.15) is 16.1 Å². The molecule has 0 radical (unpaired) electrons. The number of nitro benzene ring substituents is 1. The third-order valence-corrected chi connectivity index (χ3v) is 2.55. The lowest BCUT2D eigenvalue weighted by Crippen LogP contribution is -2.08. The van der Waals surface area contributed by atoms with Gasteiger partial charge in [-0.05, 0) is 18.2 Å². The van der Waals surface area contributed by atoms with Crippen LogP contribution < -0.4 is 0 Å². The molecule has 1 N–H and O–H groups in total. The molecule has 0 aliphatic heterocycles. The molecular formula is C11H6F3N3O4. The summed E-state index contributed by atoms with van der Waals surface area (Å²) in [4.78, 5) is 20.7. The van der Waals surface area contributed by atoms with Crippen LogP contribution in [0.5, 0.6) is 0 Å². The second-order valence-corrected chi connectivity index (χ2v) is 3.91. The normalized spacial score (nSPS) is 11.4. The predicted molar refractivity (Wildman–Crippen MR) is 62.2 cm³/mol. The van der Waals surface area contributed by atoms with E-state index >= 15 is 0 Å². The Bertz CT molecular complexity index is 724. The molecule has 10 heteroatoms. The minimum atomic E-state index is -4.64. The molecule has 0 aliphatic carbocycles. The molecule has 21 heavy (non-hydrogen) atoms. The Hall–Kier alpha value is -2.91. The Morgan fingerprint density at radius 1 is 1.33 bits per heavy atom. The van der Waals surface area contributed by atoms with Gasteiger partial charge in [0.15, 0.2) is 5.69 Å². The first-order valence-electron chi connectivity index (χ1n) is 5.35. The van der Waals surface area contributed by atoms with Crippen molar-refractivity contribution in [2.75, 3.05) is 0 Å². The molecule has 0 spiro atoms. The van der Waals surface area contributed by atoms with Crippen molar-refractivity contribution >= 4 is 11.7 Å². The lowest BCUT2D eigenvalue weighted by Gasteiger charge is -2.04. The zero-order valence-electron chi connectivity index (χ0n) is 10.0. The Morgan fingerprint density at radius 3 is 2.48 bits per heavy atom. The number of carbonyl (C=O) groups is 1. The molecule has 0 saturated carbocycles. The molecule has 1 aromatic heterocycles.